The number of phosphoric acid groups is 1. The summed E-state index contributed by atoms with van der Waals surface area (Å²) < 4.78 is 33.8. The van der Waals surface area contributed by atoms with Crippen molar-refractivity contribution in [2.45, 2.75) is 136 Å². The molecule has 0 aliphatic heterocycles. The molecule has 0 spiro atoms. The van der Waals surface area contributed by atoms with E-state index in [2.05, 4.69) is 105 Å². The van der Waals surface area contributed by atoms with E-state index in [1.807, 2.05) is 27.2 Å². The second kappa shape index (κ2) is 37.5. The normalized spacial score (nSPS) is 14.6. The Balaban J connectivity index is 4.54. The number of quaternary nitrogens is 1. The van der Waals surface area contributed by atoms with Crippen LogP contribution < -0.4 is 4.89 Å². The van der Waals surface area contributed by atoms with Gasteiger partial charge in [0.1, 0.15) is 19.8 Å². The second-order valence-electron chi connectivity index (χ2n) is 14.6. The molecule has 2 atom stereocenters. The van der Waals surface area contributed by atoms with E-state index in [9.17, 15) is 19.0 Å². The molecule has 56 heavy (non-hydrogen) atoms. The van der Waals surface area contributed by atoms with Gasteiger partial charge in [-0.3, -0.25) is 14.2 Å². The average Bonchev–Trinajstić information content (AvgIpc) is 3.15. The number of allylic oxidation sites excluding steroid dienone is 16. The number of hydrogen-bond donors (Lipinski definition) is 0. The lowest BCUT2D eigenvalue weighted by Crippen LogP contribution is -2.37. The van der Waals surface area contributed by atoms with Gasteiger partial charge in [0.2, 0.25) is 0 Å². The first-order chi connectivity index (χ1) is 27.0. The van der Waals surface area contributed by atoms with E-state index >= 15 is 0 Å². The molecule has 0 fully saturated rings. The van der Waals surface area contributed by atoms with Crippen molar-refractivity contribution in [3.8, 4) is 0 Å². The third-order valence-corrected chi connectivity index (χ3v) is 9.06. The van der Waals surface area contributed by atoms with Crippen LogP contribution in [0.1, 0.15) is 129 Å². The van der Waals surface area contributed by atoms with Gasteiger partial charge in [0.15, 0.2) is 6.10 Å². The van der Waals surface area contributed by atoms with E-state index in [4.69, 9.17) is 18.5 Å². The minimum atomic E-state index is -4.65. The highest BCUT2D eigenvalue weighted by molar-refractivity contribution is 7.45. The minimum Gasteiger partial charge on any atom is -0.756 e. The monoisotopic (exact) mass is 802 g/mol. The predicted octanol–water partition coefficient (Wildman–Crippen LogP) is 11.2. The van der Waals surface area contributed by atoms with Gasteiger partial charge in [0.05, 0.1) is 27.7 Å². The average molecular weight is 802 g/mol. The molecular formula is C46H76NO8P. The van der Waals surface area contributed by atoms with Crippen LogP contribution in [0.2, 0.25) is 0 Å². The van der Waals surface area contributed by atoms with Gasteiger partial charge in [-0.25, -0.2) is 0 Å². The molecule has 0 saturated carbocycles. The summed E-state index contributed by atoms with van der Waals surface area (Å²) in [6.07, 6.45) is 48.7. The number of esters is 2. The Morgan fingerprint density at radius 3 is 1.48 bits per heavy atom. The van der Waals surface area contributed by atoms with Gasteiger partial charge in [-0.2, -0.15) is 0 Å². The summed E-state index contributed by atoms with van der Waals surface area (Å²) in [5.41, 5.74) is 0. The molecule has 1 unspecified atom stereocenters. The molecular weight excluding hydrogens is 725 g/mol. The summed E-state index contributed by atoms with van der Waals surface area (Å²) in [5.74, 6) is -0.935. The zero-order valence-corrected chi connectivity index (χ0v) is 36.4. The number of carbonyl (C=O) groups excluding carboxylic acids is 2. The molecule has 0 N–H and O–H groups in total. The largest absolute Gasteiger partial charge is 0.756 e. The van der Waals surface area contributed by atoms with Gasteiger partial charge in [0, 0.05) is 12.8 Å². The standard InChI is InChI=1S/C46H76NO8P/c1-6-8-10-12-14-16-18-20-22-23-25-26-28-30-32-34-36-38-45(48)52-42-44(43-54-56(50,51)53-41-40-47(3,4)5)55-46(49)39-37-35-33-31-29-27-24-21-19-17-15-13-11-9-7-2/h8-11,14-17,20-22,24-26,30,32,44H,6-7,12-13,18-19,23,27-29,31,33-43H2,1-5H3/b10-8-,11-9-,16-14-,17-15-,22-20-,24-21-,26-25-,32-30-/t44-/m1/s1. The molecule has 9 nitrogen and oxygen atoms in total. The maximum Gasteiger partial charge on any atom is 0.306 e. The Kier molecular flexibility index (Phi) is 35.4. The fourth-order valence-corrected chi connectivity index (χ4v) is 5.61. The molecule has 0 saturated heterocycles. The van der Waals surface area contributed by atoms with Crippen molar-refractivity contribution in [3.63, 3.8) is 0 Å². The minimum absolute atomic E-state index is 0.0492. The van der Waals surface area contributed by atoms with Crippen molar-refractivity contribution in [2.75, 3.05) is 47.5 Å². The molecule has 0 rings (SSSR count). The van der Waals surface area contributed by atoms with E-state index < -0.39 is 32.5 Å². The molecule has 0 aromatic heterocycles. The number of phosphoric ester groups is 1. The van der Waals surface area contributed by atoms with Crippen LogP contribution in [0, 0.1) is 0 Å². The van der Waals surface area contributed by atoms with Crippen molar-refractivity contribution in [2.24, 2.45) is 0 Å². The number of hydrogen-bond acceptors (Lipinski definition) is 8. The first kappa shape index (κ1) is 52.9. The van der Waals surface area contributed by atoms with E-state index in [0.29, 0.717) is 23.9 Å². The third kappa shape index (κ3) is 40.6. The van der Waals surface area contributed by atoms with Crippen LogP contribution >= 0.6 is 7.82 Å². The number of rotatable bonds is 36. The zero-order valence-electron chi connectivity index (χ0n) is 35.5. The third-order valence-electron chi connectivity index (χ3n) is 8.10. The highest BCUT2D eigenvalue weighted by Crippen LogP contribution is 2.38. The highest BCUT2D eigenvalue weighted by atomic mass is 31.2. The molecule has 0 bridgehead atoms. The van der Waals surface area contributed by atoms with E-state index in [0.717, 1.165) is 89.9 Å². The summed E-state index contributed by atoms with van der Waals surface area (Å²) >= 11 is 0. The summed E-state index contributed by atoms with van der Waals surface area (Å²) in [6, 6.07) is 0. The zero-order chi connectivity index (χ0) is 41.4. The number of ether oxygens (including phenoxy) is 2. The van der Waals surface area contributed by atoms with E-state index in [1.54, 1.807) is 0 Å². The molecule has 0 aromatic carbocycles. The summed E-state index contributed by atoms with van der Waals surface area (Å²) in [7, 11) is 1.10. The molecule has 0 radical (unpaired) electrons. The Labute approximate surface area is 341 Å². The fraction of sp³-hybridized carbons (Fsp3) is 0.609. The van der Waals surface area contributed by atoms with Crippen LogP contribution in [-0.2, 0) is 32.7 Å². The molecule has 0 aliphatic carbocycles. The number of likely N-dealkylation sites (N-methyl/N-ethyl adjacent to an activating group) is 1. The van der Waals surface area contributed by atoms with E-state index in [-0.39, 0.29) is 26.1 Å². The van der Waals surface area contributed by atoms with Crippen LogP contribution in [0.15, 0.2) is 97.2 Å². The molecule has 0 amide bonds. The summed E-state index contributed by atoms with van der Waals surface area (Å²) in [5, 5.41) is 0. The van der Waals surface area contributed by atoms with Gasteiger partial charge in [-0.05, 0) is 83.5 Å². The molecule has 0 aliphatic rings. The number of nitrogens with zero attached hydrogens (tertiary/aromatic N) is 1. The molecule has 318 valence electrons. The van der Waals surface area contributed by atoms with Crippen LogP contribution in [0.4, 0.5) is 0 Å². The lowest BCUT2D eigenvalue weighted by Gasteiger charge is -2.28. The SMILES string of the molecule is CC/C=C\C/C=C\C/C=C\C/C=C\C/C=C\CCCC(=O)OC[C@H](COP(=O)([O-])OCC[N+](C)(C)C)OC(=O)CCCCCCC/C=C\C/C=C\C/C=C\CC. The Morgan fingerprint density at radius 2 is 0.982 bits per heavy atom. The van der Waals surface area contributed by atoms with Crippen molar-refractivity contribution < 1.29 is 42.1 Å². The maximum absolute atomic E-state index is 12.6. The molecule has 0 aromatic rings. The number of carbonyl (C=O) groups is 2. The molecule has 0 heterocycles. The summed E-state index contributed by atoms with van der Waals surface area (Å²) in [4.78, 5) is 37.5. The Morgan fingerprint density at radius 1 is 0.554 bits per heavy atom. The quantitative estimate of drug-likeness (QED) is 0.0202. The second-order valence-corrected chi connectivity index (χ2v) is 16.0. The maximum atomic E-state index is 12.6. The van der Waals surface area contributed by atoms with Gasteiger partial charge < -0.3 is 27.9 Å². The predicted molar refractivity (Wildman–Crippen MR) is 231 cm³/mol. The highest BCUT2D eigenvalue weighted by Gasteiger charge is 2.21. The Bertz CT molecular complexity index is 1270. The lowest BCUT2D eigenvalue weighted by atomic mass is 10.1. The van der Waals surface area contributed by atoms with E-state index in [1.165, 1.54) is 0 Å². The van der Waals surface area contributed by atoms with Gasteiger partial charge >= 0.3 is 11.9 Å². The number of unbranched alkanes of at least 4 members (excludes halogenated alkanes) is 6. The molecule has 10 heteroatoms. The fourth-order valence-electron chi connectivity index (χ4n) is 4.88. The van der Waals surface area contributed by atoms with Gasteiger partial charge in [-0.15, -0.1) is 0 Å². The van der Waals surface area contributed by atoms with Crippen molar-refractivity contribution in [1.29, 1.82) is 0 Å². The van der Waals surface area contributed by atoms with Crippen LogP contribution in [0.5, 0.6) is 0 Å². The Hall–Kier alpha value is -3.07. The van der Waals surface area contributed by atoms with Gasteiger partial charge in [-0.1, -0.05) is 130 Å². The first-order valence-electron chi connectivity index (χ1n) is 20.9. The lowest BCUT2D eigenvalue weighted by molar-refractivity contribution is -0.870. The topological polar surface area (TPSA) is 111 Å². The van der Waals surface area contributed by atoms with Crippen LogP contribution in [0.25, 0.3) is 0 Å². The van der Waals surface area contributed by atoms with Gasteiger partial charge in [0.25, 0.3) is 7.82 Å². The van der Waals surface area contributed by atoms with Crippen molar-refractivity contribution in [1.82, 2.24) is 0 Å². The van der Waals surface area contributed by atoms with Crippen LogP contribution in [-0.4, -0.2) is 70.0 Å². The van der Waals surface area contributed by atoms with Crippen molar-refractivity contribution in [3.05, 3.63) is 97.2 Å². The van der Waals surface area contributed by atoms with Crippen LogP contribution in [0.3, 0.4) is 0 Å². The van der Waals surface area contributed by atoms with Crippen molar-refractivity contribution >= 4 is 19.8 Å². The smallest absolute Gasteiger partial charge is 0.306 e. The summed E-state index contributed by atoms with van der Waals surface area (Å²) in [6.45, 7) is 3.88. The first-order valence-corrected chi connectivity index (χ1v) is 22.4.